The lowest BCUT2D eigenvalue weighted by Crippen LogP contribution is -2.03. The number of aromatic carboxylic acids is 1. The van der Waals surface area contributed by atoms with E-state index < -0.39 is 11.8 Å². The van der Waals surface area contributed by atoms with E-state index in [0.717, 1.165) is 0 Å². The Morgan fingerprint density at radius 1 is 1.42 bits per heavy atom. The first-order valence-corrected chi connectivity index (χ1v) is 5.40. The molecule has 2 rings (SSSR count). The summed E-state index contributed by atoms with van der Waals surface area (Å²) in [7, 11) is 0. The predicted molar refractivity (Wildman–Crippen MR) is 66.8 cm³/mol. The van der Waals surface area contributed by atoms with Crippen LogP contribution in [-0.2, 0) is 0 Å². The third kappa shape index (κ3) is 2.79. The van der Waals surface area contributed by atoms with E-state index in [9.17, 15) is 9.18 Å². The molecule has 0 radical (unpaired) electrons. The molecule has 19 heavy (non-hydrogen) atoms. The summed E-state index contributed by atoms with van der Waals surface area (Å²) in [6.07, 6.45) is 1.27. The molecule has 0 atom stereocenters. The zero-order chi connectivity index (χ0) is 14.0. The number of pyridine rings is 1. The van der Waals surface area contributed by atoms with Gasteiger partial charge in [-0.2, -0.15) is 0 Å². The van der Waals surface area contributed by atoms with Gasteiger partial charge in [0.05, 0.1) is 11.9 Å². The van der Waals surface area contributed by atoms with Crippen LogP contribution in [0.4, 0.5) is 10.1 Å². The maximum absolute atomic E-state index is 13.4. The number of nitrogens with two attached hydrogens (primary N) is 1. The highest BCUT2D eigenvalue weighted by Gasteiger charge is 2.14. The topological polar surface area (TPSA) is 85.4 Å². The molecule has 2 aromatic rings. The summed E-state index contributed by atoms with van der Waals surface area (Å²) in [5.74, 6) is -1.62. The minimum Gasteiger partial charge on any atom is -0.477 e. The van der Waals surface area contributed by atoms with Crippen molar-refractivity contribution >= 4 is 11.7 Å². The van der Waals surface area contributed by atoms with Crippen LogP contribution in [0.5, 0.6) is 11.6 Å². The molecule has 6 heteroatoms. The zero-order valence-corrected chi connectivity index (χ0v) is 10.1. The largest absolute Gasteiger partial charge is 0.477 e. The molecule has 0 bridgehead atoms. The molecule has 98 valence electrons. The quantitative estimate of drug-likeness (QED) is 0.888. The van der Waals surface area contributed by atoms with Gasteiger partial charge >= 0.3 is 5.97 Å². The number of nitrogens with zero attached hydrogens (tertiary/aromatic N) is 1. The van der Waals surface area contributed by atoms with Crippen molar-refractivity contribution in [2.75, 3.05) is 5.73 Å². The van der Waals surface area contributed by atoms with Crippen LogP contribution in [0, 0.1) is 12.7 Å². The van der Waals surface area contributed by atoms with Crippen molar-refractivity contribution in [1.82, 2.24) is 4.98 Å². The van der Waals surface area contributed by atoms with Crippen LogP contribution in [0.3, 0.4) is 0 Å². The minimum absolute atomic E-state index is 0.134. The summed E-state index contributed by atoms with van der Waals surface area (Å²) in [5, 5.41) is 9.02. The first kappa shape index (κ1) is 12.8. The second kappa shape index (κ2) is 4.93. The molecule has 0 aliphatic heterocycles. The molecule has 0 saturated carbocycles. The number of hydrogen-bond donors (Lipinski definition) is 2. The van der Waals surface area contributed by atoms with Crippen molar-refractivity contribution in [3.63, 3.8) is 0 Å². The molecular formula is C13H11FN2O3. The van der Waals surface area contributed by atoms with Gasteiger partial charge < -0.3 is 15.6 Å². The van der Waals surface area contributed by atoms with Gasteiger partial charge in [-0.1, -0.05) is 6.07 Å². The Labute approximate surface area is 108 Å². The lowest BCUT2D eigenvalue weighted by Gasteiger charge is -2.08. The van der Waals surface area contributed by atoms with E-state index in [0.29, 0.717) is 5.56 Å². The lowest BCUT2D eigenvalue weighted by atomic mass is 10.2. The van der Waals surface area contributed by atoms with Crippen LogP contribution < -0.4 is 10.5 Å². The minimum atomic E-state index is -1.22. The lowest BCUT2D eigenvalue weighted by molar-refractivity contribution is 0.0693. The monoisotopic (exact) mass is 262 g/mol. The Morgan fingerprint density at radius 2 is 2.16 bits per heavy atom. The Morgan fingerprint density at radius 3 is 2.79 bits per heavy atom. The van der Waals surface area contributed by atoms with E-state index in [1.165, 1.54) is 30.5 Å². The van der Waals surface area contributed by atoms with Gasteiger partial charge in [0.15, 0.2) is 0 Å². The first-order valence-electron chi connectivity index (χ1n) is 5.40. The van der Waals surface area contributed by atoms with Crippen LogP contribution in [0.25, 0.3) is 0 Å². The molecule has 0 unspecified atom stereocenters. The highest BCUT2D eigenvalue weighted by Crippen LogP contribution is 2.25. The molecule has 5 nitrogen and oxygen atoms in total. The van der Waals surface area contributed by atoms with Gasteiger partial charge in [0.25, 0.3) is 0 Å². The van der Waals surface area contributed by atoms with Crippen LogP contribution in [0.15, 0.2) is 30.5 Å². The predicted octanol–water partition coefficient (Wildman–Crippen LogP) is 2.60. The van der Waals surface area contributed by atoms with Gasteiger partial charge in [0.2, 0.25) is 5.88 Å². The molecule has 1 heterocycles. The first-order chi connectivity index (χ1) is 8.97. The number of anilines is 1. The van der Waals surface area contributed by atoms with Gasteiger partial charge in [-0.05, 0) is 24.6 Å². The smallest absolute Gasteiger partial charge is 0.341 e. The number of carbonyl (C=O) groups is 1. The van der Waals surface area contributed by atoms with Crippen molar-refractivity contribution < 1.29 is 19.0 Å². The van der Waals surface area contributed by atoms with Crippen molar-refractivity contribution in [2.24, 2.45) is 0 Å². The van der Waals surface area contributed by atoms with Gasteiger partial charge in [-0.25, -0.2) is 14.2 Å². The summed E-state index contributed by atoms with van der Waals surface area (Å²) in [5.41, 5.74) is 5.96. The number of benzene rings is 1. The second-order valence-corrected chi connectivity index (χ2v) is 3.94. The van der Waals surface area contributed by atoms with Gasteiger partial charge in [0, 0.05) is 6.07 Å². The number of aryl methyl sites for hydroxylation is 1. The number of ether oxygens (including phenoxy) is 1. The third-order valence-electron chi connectivity index (χ3n) is 2.46. The average molecular weight is 262 g/mol. The van der Waals surface area contributed by atoms with Crippen molar-refractivity contribution in [2.45, 2.75) is 6.92 Å². The van der Waals surface area contributed by atoms with Crippen LogP contribution in [0.2, 0.25) is 0 Å². The number of aromatic nitrogens is 1. The van der Waals surface area contributed by atoms with Crippen LogP contribution >= 0.6 is 0 Å². The Kier molecular flexibility index (Phi) is 3.33. The summed E-state index contributed by atoms with van der Waals surface area (Å²) < 4.78 is 18.6. The molecule has 0 amide bonds. The Bertz CT molecular complexity index is 644. The van der Waals surface area contributed by atoms with Crippen molar-refractivity contribution in [1.29, 1.82) is 0 Å². The standard InChI is InChI=1S/C13H11FN2O3/c1-7-2-3-9(5-11(7)14)19-12-10(13(17)18)4-8(15)6-16-12/h2-6H,15H2,1H3,(H,17,18). The van der Waals surface area contributed by atoms with Crippen LogP contribution in [-0.4, -0.2) is 16.1 Å². The molecule has 0 saturated heterocycles. The van der Waals surface area contributed by atoms with E-state index >= 15 is 0 Å². The molecule has 1 aromatic carbocycles. The number of nitrogen functional groups attached to an aromatic ring is 1. The highest BCUT2D eigenvalue weighted by molar-refractivity contribution is 5.91. The number of halogens is 1. The van der Waals surface area contributed by atoms with E-state index in [2.05, 4.69) is 4.98 Å². The fourth-order valence-electron chi connectivity index (χ4n) is 1.45. The van der Waals surface area contributed by atoms with Crippen LogP contribution in [0.1, 0.15) is 15.9 Å². The van der Waals surface area contributed by atoms with E-state index in [1.807, 2.05) is 0 Å². The summed E-state index contributed by atoms with van der Waals surface area (Å²) >= 11 is 0. The van der Waals surface area contributed by atoms with Crippen molar-refractivity contribution in [3.05, 3.63) is 47.4 Å². The van der Waals surface area contributed by atoms with Gasteiger partial charge in [-0.3, -0.25) is 0 Å². The van der Waals surface area contributed by atoms with Gasteiger partial charge in [-0.15, -0.1) is 0 Å². The van der Waals surface area contributed by atoms with E-state index in [4.69, 9.17) is 15.6 Å². The molecule has 3 N–H and O–H groups in total. The third-order valence-corrected chi connectivity index (χ3v) is 2.46. The molecule has 1 aromatic heterocycles. The SMILES string of the molecule is Cc1ccc(Oc2ncc(N)cc2C(=O)O)cc1F. The Hall–Kier alpha value is -2.63. The molecule has 0 fully saturated rings. The summed E-state index contributed by atoms with van der Waals surface area (Å²) in [6, 6.07) is 5.46. The maximum atomic E-state index is 13.4. The second-order valence-electron chi connectivity index (χ2n) is 3.94. The fraction of sp³-hybridized carbons (Fsp3) is 0.0769. The number of hydrogen-bond acceptors (Lipinski definition) is 4. The fourth-order valence-corrected chi connectivity index (χ4v) is 1.45. The van der Waals surface area contributed by atoms with Crippen molar-refractivity contribution in [3.8, 4) is 11.6 Å². The number of rotatable bonds is 3. The Balaban J connectivity index is 2.37. The normalized spacial score (nSPS) is 10.2. The summed E-state index contributed by atoms with van der Waals surface area (Å²) in [4.78, 5) is 14.8. The molecular weight excluding hydrogens is 251 g/mol. The van der Waals surface area contributed by atoms with E-state index in [-0.39, 0.29) is 22.9 Å². The summed E-state index contributed by atoms with van der Waals surface area (Å²) in [6.45, 7) is 1.61. The van der Waals surface area contributed by atoms with E-state index in [1.54, 1.807) is 6.92 Å². The number of carboxylic acid groups (broad SMARTS) is 1. The average Bonchev–Trinajstić information content (AvgIpc) is 2.36. The maximum Gasteiger partial charge on any atom is 0.341 e. The molecule has 0 aliphatic rings. The number of carboxylic acids is 1. The zero-order valence-electron chi connectivity index (χ0n) is 10.1. The van der Waals surface area contributed by atoms with Gasteiger partial charge in [0.1, 0.15) is 17.1 Å². The highest BCUT2D eigenvalue weighted by atomic mass is 19.1. The molecule has 0 aliphatic carbocycles. The molecule has 0 spiro atoms.